The lowest BCUT2D eigenvalue weighted by atomic mass is 10.1. The van der Waals surface area contributed by atoms with Gasteiger partial charge in [0.05, 0.1) is 25.9 Å². The van der Waals surface area contributed by atoms with Crippen LogP contribution in [0.4, 0.5) is 0 Å². The van der Waals surface area contributed by atoms with Crippen LogP contribution in [0.1, 0.15) is 24.3 Å². The summed E-state index contributed by atoms with van der Waals surface area (Å²) in [5.41, 5.74) is 0.815. The van der Waals surface area contributed by atoms with Gasteiger partial charge in [-0.15, -0.1) is 11.8 Å². The van der Waals surface area contributed by atoms with Gasteiger partial charge in [0.1, 0.15) is 16.9 Å². The molecule has 2 unspecified atom stereocenters. The second-order valence-corrected chi connectivity index (χ2v) is 6.34. The van der Waals surface area contributed by atoms with E-state index in [1.165, 1.54) is 11.8 Å². The summed E-state index contributed by atoms with van der Waals surface area (Å²) in [6, 6.07) is 5.40. The number of ether oxygens (including phenoxy) is 2. The fraction of sp³-hybridized carbons (Fsp3) is 0.467. The van der Waals surface area contributed by atoms with E-state index in [0.717, 1.165) is 5.56 Å². The molecule has 0 aromatic heterocycles. The second kappa shape index (κ2) is 6.91. The number of rotatable bonds is 6. The van der Waals surface area contributed by atoms with Crippen LogP contribution < -0.4 is 9.47 Å². The van der Waals surface area contributed by atoms with Crippen LogP contribution in [0, 0.1) is 0 Å². The SMILES string of the molecule is COc1ccc(OC)c(C2SC(C)C(=O)N2CCC(=O)O)c1. The van der Waals surface area contributed by atoms with Crippen LogP contribution in [0.2, 0.25) is 0 Å². The van der Waals surface area contributed by atoms with E-state index in [9.17, 15) is 9.59 Å². The van der Waals surface area contributed by atoms with Crippen LogP contribution >= 0.6 is 11.8 Å². The number of nitrogens with zero attached hydrogens (tertiary/aromatic N) is 1. The molecule has 2 atom stereocenters. The molecule has 2 rings (SSSR count). The van der Waals surface area contributed by atoms with Gasteiger partial charge in [0.15, 0.2) is 0 Å². The quantitative estimate of drug-likeness (QED) is 0.863. The number of hydrogen-bond acceptors (Lipinski definition) is 5. The van der Waals surface area contributed by atoms with E-state index in [4.69, 9.17) is 14.6 Å². The Balaban J connectivity index is 2.35. The summed E-state index contributed by atoms with van der Waals surface area (Å²) in [6.45, 7) is 2.00. The van der Waals surface area contributed by atoms with E-state index in [1.807, 2.05) is 13.0 Å². The normalized spacial score (nSPS) is 21.0. The Kier molecular flexibility index (Phi) is 5.18. The Morgan fingerprint density at radius 3 is 2.68 bits per heavy atom. The summed E-state index contributed by atoms with van der Waals surface area (Å²) in [4.78, 5) is 24.7. The molecule has 1 aliphatic heterocycles. The highest BCUT2D eigenvalue weighted by molar-refractivity contribution is 8.01. The zero-order valence-electron chi connectivity index (χ0n) is 12.7. The lowest BCUT2D eigenvalue weighted by Gasteiger charge is -2.25. The van der Waals surface area contributed by atoms with E-state index < -0.39 is 5.97 Å². The van der Waals surface area contributed by atoms with Gasteiger partial charge in [0.25, 0.3) is 0 Å². The standard InChI is InChI=1S/C15H19NO5S/c1-9-14(19)16(7-6-13(17)18)15(22-9)11-8-10(20-2)4-5-12(11)21-3/h4-5,8-9,15H,6-7H2,1-3H3,(H,17,18). The van der Waals surface area contributed by atoms with Gasteiger partial charge >= 0.3 is 5.97 Å². The molecule has 1 N–H and O–H groups in total. The van der Waals surface area contributed by atoms with Crippen LogP contribution in [-0.4, -0.2) is 47.9 Å². The Morgan fingerprint density at radius 2 is 2.09 bits per heavy atom. The lowest BCUT2D eigenvalue weighted by Crippen LogP contribution is -2.32. The summed E-state index contributed by atoms with van der Waals surface area (Å²) in [7, 11) is 3.14. The number of carboxylic acid groups (broad SMARTS) is 1. The average molecular weight is 325 g/mol. The number of methoxy groups -OCH3 is 2. The summed E-state index contributed by atoms with van der Waals surface area (Å²) >= 11 is 1.48. The van der Waals surface area contributed by atoms with Gasteiger partial charge < -0.3 is 19.5 Å². The van der Waals surface area contributed by atoms with Crippen LogP contribution in [0.3, 0.4) is 0 Å². The summed E-state index contributed by atoms with van der Waals surface area (Å²) in [5, 5.41) is 8.39. The molecular weight excluding hydrogens is 306 g/mol. The van der Waals surface area contributed by atoms with Crippen molar-refractivity contribution in [2.45, 2.75) is 24.0 Å². The first-order chi connectivity index (χ1) is 10.5. The monoisotopic (exact) mass is 325 g/mol. The maximum Gasteiger partial charge on any atom is 0.305 e. The van der Waals surface area contributed by atoms with Crippen molar-refractivity contribution in [3.63, 3.8) is 0 Å². The topological polar surface area (TPSA) is 76.1 Å². The lowest BCUT2D eigenvalue weighted by molar-refractivity contribution is -0.138. The minimum absolute atomic E-state index is 0.0545. The number of aliphatic carboxylic acids is 1. The number of hydrogen-bond donors (Lipinski definition) is 1. The number of thioether (sulfide) groups is 1. The van der Waals surface area contributed by atoms with Gasteiger partial charge in [-0.2, -0.15) is 0 Å². The van der Waals surface area contributed by atoms with Crippen molar-refractivity contribution in [1.29, 1.82) is 0 Å². The molecule has 0 spiro atoms. The molecular formula is C15H19NO5S. The molecule has 1 heterocycles. The van der Waals surface area contributed by atoms with E-state index in [2.05, 4.69) is 0 Å². The van der Waals surface area contributed by atoms with Crippen molar-refractivity contribution >= 4 is 23.6 Å². The van der Waals surface area contributed by atoms with Crippen LogP contribution in [0.25, 0.3) is 0 Å². The van der Waals surface area contributed by atoms with Gasteiger partial charge in [-0.05, 0) is 25.1 Å². The Bertz CT molecular complexity index is 577. The van der Waals surface area contributed by atoms with Gasteiger partial charge in [0.2, 0.25) is 5.91 Å². The number of carbonyl (C=O) groups is 2. The molecule has 7 heteroatoms. The van der Waals surface area contributed by atoms with Gasteiger partial charge in [-0.25, -0.2) is 0 Å². The predicted octanol–water partition coefficient (Wildman–Crippen LogP) is 2.14. The summed E-state index contributed by atoms with van der Waals surface area (Å²) in [5.74, 6) is 0.344. The highest BCUT2D eigenvalue weighted by Crippen LogP contribution is 2.46. The van der Waals surface area contributed by atoms with Crippen molar-refractivity contribution in [3.8, 4) is 11.5 Å². The fourth-order valence-corrected chi connectivity index (χ4v) is 3.72. The van der Waals surface area contributed by atoms with Crippen LogP contribution in [0.5, 0.6) is 11.5 Å². The number of amides is 1. The fourth-order valence-electron chi connectivity index (χ4n) is 2.39. The molecule has 1 fully saturated rings. The molecule has 0 bridgehead atoms. The molecule has 0 aliphatic carbocycles. The molecule has 1 saturated heterocycles. The summed E-state index contributed by atoms with van der Waals surface area (Å²) in [6.07, 6.45) is -0.0815. The van der Waals surface area contributed by atoms with Crippen molar-refractivity contribution in [3.05, 3.63) is 23.8 Å². The molecule has 0 saturated carbocycles. The van der Waals surface area contributed by atoms with E-state index in [0.29, 0.717) is 11.5 Å². The first kappa shape index (κ1) is 16.5. The Labute approximate surface area is 133 Å². The van der Waals surface area contributed by atoms with Gasteiger partial charge in [-0.3, -0.25) is 9.59 Å². The predicted molar refractivity (Wildman–Crippen MR) is 83.3 cm³/mol. The molecule has 1 amide bonds. The third-order valence-corrected chi connectivity index (χ3v) is 4.89. The average Bonchev–Trinajstić information content (AvgIpc) is 2.79. The highest BCUT2D eigenvalue weighted by Gasteiger charge is 2.39. The largest absolute Gasteiger partial charge is 0.497 e. The number of carboxylic acids is 1. The number of benzene rings is 1. The molecule has 0 radical (unpaired) electrons. The first-order valence-corrected chi connectivity index (χ1v) is 7.82. The smallest absolute Gasteiger partial charge is 0.305 e. The van der Waals surface area contributed by atoms with E-state index in [-0.39, 0.29) is 29.5 Å². The summed E-state index contributed by atoms with van der Waals surface area (Å²) < 4.78 is 10.6. The zero-order chi connectivity index (χ0) is 16.3. The first-order valence-electron chi connectivity index (χ1n) is 6.87. The van der Waals surface area contributed by atoms with Crippen molar-refractivity contribution in [2.24, 2.45) is 0 Å². The molecule has 1 aliphatic rings. The van der Waals surface area contributed by atoms with Crippen molar-refractivity contribution in [2.75, 3.05) is 20.8 Å². The third kappa shape index (κ3) is 3.30. The van der Waals surface area contributed by atoms with Crippen LogP contribution in [0.15, 0.2) is 18.2 Å². The molecule has 1 aromatic carbocycles. The van der Waals surface area contributed by atoms with E-state index in [1.54, 1.807) is 31.3 Å². The van der Waals surface area contributed by atoms with Gasteiger partial charge in [-0.1, -0.05) is 0 Å². The molecule has 22 heavy (non-hydrogen) atoms. The van der Waals surface area contributed by atoms with Crippen molar-refractivity contribution < 1.29 is 24.2 Å². The maximum absolute atomic E-state index is 12.3. The number of carbonyl (C=O) groups excluding carboxylic acids is 1. The third-order valence-electron chi connectivity index (χ3n) is 3.52. The Hall–Kier alpha value is -1.89. The minimum atomic E-state index is -0.922. The second-order valence-electron chi connectivity index (χ2n) is 4.91. The van der Waals surface area contributed by atoms with E-state index >= 15 is 0 Å². The highest BCUT2D eigenvalue weighted by atomic mass is 32.2. The Morgan fingerprint density at radius 1 is 1.36 bits per heavy atom. The van der Waals surface area contributed by atoms with Gasteiger partial charge in [0, 0.05) is 12.1 Å². The molecule has 6 nitrogen and oxygen atoms in total. The van der Waals surface area contributed by atoms with Crippen molar-refractivity contribution in [1.82, 2.24) is 4.90 Å². The molecule has 120 valence electrons. The minimum Gasteiger partial charge on any atom is -0.497 e. The van der Waals surface area contributed by atoms with Crippen LogP contribution in [-0.2, 0) is 9.59 Å². The molecule has 1 aromatic rings. The zero-order valence-corrected chi connectivity index (χ0v) is 13.6. The maximum atomic E-state index is 12.3.